The lowest BCUT2D eigenvalue weighted by Crippen LogP contribution is -2.28. The number of carbonyl (C=O) groups is 1. The fraction of sp³-hybridized carbons (Fsp3) is 0.500. The van der Waals surface area contributed by atoms with Crippen LogP contribution in [0.5, 0.6) is 0 Å². The van der Waals surface area contributed by atoms with Crippen LogP contribution >= 0.6 is 0 Å². The van der Waals surface area contributed by atoms with Crippen LogP contribution in [0.25, 0.3) is 0 Å². The summed E-state index contributed by atoms with van der Waals surface area (Å²) in [7, 11) is 3.32. The van der Waals surface area contributed by atoms with Gasteiger partial charge in [-0.25, -0.2) is 4.79 Å². The molecule has 33 heavy (non-hydrogen) atoms. The number of allylic oxidation sites excluding steroid dienone is 1. The SMILES string of the molecule is COC(C)OC(=O)C1=C(C)Nc2c(c(C3CCCCC3)nn2C)C1c1ccccc1[N+](=O)[O-]. The summed E-state index contributed by atoms with van der Waals surface area (Å²) >= 11 is 0. The number of ether oxygens (including phenoxy) is 2. The zero-order valence-electron chi connectivity index (χ0n) is 19.5. The van der Waals surface area contributed by atoms with Gasteiger partial charge in [-0.3, -0.25) is 14.8 Å². The Hall–Kier alpha value is -3.20. The maximum atomic E-state index is 13.3. The molecular formula is C24H30N4O5. The Morgan fingerprint density at radius 2 is 1.97 bits per heavy atom. The van der Waals surface area contributed by atoms with Crippen molar-refractivity contribution in [2.75, 3.05) is 12.4 Å². The first-order chi connectivity index (χ1) is 15.8. The van der Waals surface area contributed by atoms with Crippen molar-refractivity contribution in [3.05, 3.63) is 62.5 Å². The number of para-hydroxylation sites is 1. The number of nitrogens with zero attached hydrogens (tertiary/aromatic N) is 3. The number of aromatic nitrogens is 2. The normalized spacial score (nSPS) is 19.6. The van der Waals surface area contributed by atoms with Crippen LogP contribution in [0.4, 0.5) is 11.5 Å². The molecule has 0 bridgehead atoms. The van der Waals surface area contributed by atoms with Gasteiger partial charge in [0.2, 0.25) is 0 Å². The van der Waals surface area contributed by atoms with Gasteiger partial charge >= 0.3 is 5.97 Å². The first kappa shape index (κ1) is 23.0. The number of anilines is 1. The second kappa shape index (κ2) is 9.35. The summed E-state index contributed by atoms with van der Waals surface area (Å²) in [6, 6.07) is 6.59. The number of hydrogen-bond acceptors (Lipinski definition) is 7. The molecule has 0 radical (unpaired) electrons. The van der Waals surface area contributed by atoms with E-state index < -0.39 is 23.1 Å². The monoisotopic (exact) mass is 454 g/mol. The highest BCUT2D eigenvalue weighted by molar-refractivity contribution is 5.95. The van der Waals surface area contributed by atoms with Crippen LogP contribution in [-0.2, 0) is 21.3 Å². The highest BCUT2D eigenvalue weighted by atomic mass is 16.7. The number of methoxy groups -OCH3 is 1. The molecule has 176 valence electrons. The quantitative estimate of drug-likeness (QED) is 0.290. The Morgan fingerprint density at radius 1 is 1.27 bits per heavy atom. The predicted octanol–water partition coefficient (Wildman–Crippen LogP) is 4.74. The molecule has 1 N–H and O–H groups in total. The van der Waals surface area contributed by atoms with Crippen molar-refractivity contribution < 1.29 is 19.2 Å². The van der Waals surface area contributed by atoms with Gasteiger partial charge in [-0.15, -0.1) is 0 Å². The smallest absolute Gasteiger partial charge is 0.339 e. The molecule has 2 heterocycles. The number of carbonyl (C=O) groups excluding carboxylic acids is 1. The topological polar surface area (TPSA) is 109 Å². The first-order valence-electron chi connectivity index (χ1n) is 11.3. The number of rotatable bonds is 6. The van der Waals surface area contributed by atoms with Crippen molar-refractivity contribution >= 4 is 17.5 Å². The molecule has 0 spiro atoms. The molecule has 1 fully saturated rings. The molecule has 1 aliphatic heterocycles. The predicted molar refractivity (Wildman–Crippen MR) is 123 cm³/mol. The number of esters is 1. The summed E-state index contributed by atoms with van der Waals surface area (Å²) in [6.07, 6.45) is 4.70. The van der Waals surface area contributed by atoms with Gasteiger partial charge in [-0.2, -0.15) is 5.10 Å². The number of nitrogens with one attached hydrogen (secondary N) is 1. The van der Waals surface area contributed by atoms with Crippen LogP contribution in [-0.4, -0.2) is 34.1 Å². The standard InChI is InChI=1S/C24H30N4O5/c1-14-19(24(29)33-15(2)32-4)20(17-12-8-9-13-18(17)28(30)31)21-22(16-10-6-5-7-11-16)26-27(3)23(21)25-14/h8-9,12-13,15-16,20,25H,5-7,10-11H2,1-4H3. The van der Waals surface area contributed by atoms with Crippen LogP contribution in [0.1, 0.15) is 74.6 Å². The van der Waals surface area contributed by atoms with Gasteiger partial charge in [0, 0.05) is 43.0 Å². The minimum Gasteiger partial charge on any atom is -0.433 e. The van der Waals surface area contributed by atoms with E-state index >= 15 is 0 Å². The molecule has 9 nitrogen and oxygen atoms in total. The molecule has 0 saturated heterocycles. The zero-order chi connectivity index (χ0) is 23.7. The fourth-order valence-electron chi connectivity index (χ4n) is 5.02. The molecule has 9 heteroatoms. The largest absolute Gasteiger partial charge is 0.433 e. The minimum atomic E-state index is -0.752. The highest BCUT2D eigenvalue weighted by Crippen LogP contribution is 2.49. The number of fused-ring (bicyclic) bond motifs is 1. The molecule has 1 aliphatic carbocycles. The maximum Gasteiger partial charge on any atom is 0.339 e. The minimum absolute atomic E-state index is 0.0355. The summed E-state index contributed by atoms with van der Waals surface area (Å²) in [5.74, 6) is -0.242. The van der Waals surface area contributed by atoms with Crippen molar-refractivity contribution in [2.24, 2.45) is 7.05 Å². The van der Waals surface area contributed by atoms with Gasteiger partial charge in [0.05, 0.1) is 22.1 Å². The molecule has 2 atom stereocenters. The molecule has 0 amide bonds. The van der Waals surface area contributed by atoms with E-state index in [1.54, 1.807) is 36.7 Å². The third-order valence-electron chi connectivity index (χ3n) is 6.66. The summed E-state index contributed by atoms with van der Waals surface area (Å²) in [5, 5.41) is 20.1. The van der Waals surface area contributed by atoms with Crippen LogP contribution in [0, 0.1) is 10.1 Å². The van der Waals surface area contributed by atoms with Gasteiger partial charge in [-0.1, -0.05) is 37.5 Å². The van der Waals surface area contributed by atoms with Gasteiger partial charge in [-0.05, 0) is 26.7 Å². The van der Waals surface area contributed by atoms with E-state index in [1.807, 2.05) is 7.05 Å². The van der Waals surface area contributed by atoms with Crippen LogP contribution < -0.4 is 5.32 Å². The van der Waals surface area contributed by atoms with Crippen molar-refractivity contribution in [3.63, 3.8) is 0 Å². The Morgan fingerprint density at radius 3 is 2.64 bits per heavy atom. The van der Waals surface area contributed by atoms with Gasteiger partial charge in [0.1, 0.15) is 5.82 Å². The van der Waals surface area contributed by atoms with Crippen LogP contribution in [0.2, 0.25) is 0 Å². The Labute approximate surface area is 192 Å². The van der Waals surface area contributed by atoms with E-state index in [2.05, 4.69) is 5.32 Å². The highest BCUT2D eigenvalue weighted by Gasteiger charge is 2.42. The summed E-state index contributed by atoms with van der Waals surface area (Å²) in [6.45, 7) is 3.42. The van der Waals surface area contributed by atoms with E-state index in [9.17, 15) is 14.9 Å². The maximum absolute atomic E-state index is 13.3. The second-order valence-electron chi connectivity index (χ2n) is 8.73. The van der Waals surface area contributed by atoms with E-state index in [4.69, 9.17) is 14.6 Å². The van der Waals surface area contributed by atoms with E-state index in [0.717, 1.165) is 42.8 Å². The van der Waals surface area contributed by atoms with Crippen LogP contribution in [0.15, 0.2) is 35.5 Å². The molecule has 4 rings (SSSR count). The van der Waals surface area contributed by atoms with Crippen molar-refractivity contribution in [1.29, 1.82) is 0 Å². The van der Waals surface area contributed by atoms with Crippen molar-refractivity contribution in [1.82, 2.24) is 9.78 Å². The lowest BCUT2D eigenvalue weighted by atomic mass is 9.76. The average molecular weight is 455 g/mol. The lowest BCUT2D eigenvalue weighted by Gasteiger charge is -2.30. The van der Waals surface area contributed by atoms with Crippen molar-refractivity contribution in [3.8, 4) is 0 Å². The number of nitro groups is 1. The third kappa shape index (κ3) is 4.25. The molecule has 2 aliphatic rings. The van der Waals surface area contributed by atoms with Crippen LogP contribution in [0.3, 0.4) is 0 Å². The first-order valence-corrected chi connectivity index (χ1v) is 11.3. The third-order valence-corrected chi connectivity index (χ3v) is 6.66. The molecular weight excluding hydrogens is 424 g/mol. The molecule has 1 aromatic heterocycles. The number of hydrogen-bond donors (Lipinski definition) is 1. The fourth-order valence-corrected chi connectivity index (χ4v) is 5.02. The molecule has 2 unspecified atom stereocenters. The second-order valence-corrected chi connectivity index (χ2v) is 8.73. The lowest BCUT2D eigenvalue weighted by molar-refractivity contribution is -0.385. The number of nitro benzene ring substituents is 1. The van der Waals surface area contributed by atoms with E-state index in [-0.39, 0.29) is 11.6 Å². The molecule has 2 aromatic rings. The number of benzene rings is 1. The van der Waals surface area contributed by atoms with Gasteiger partial charge in [0.15, 0.2) is 6.29 Å². The Balaban J connectivity index is 1.94. The average Bonchev–Trinajstić information content (AvgIpc) is 3.14. The zero-order valence-corrected chi connectivity index (χ0v) is 19.5. The van der Waals surface area contributed by atoms with E-state index in [1.165, 1.54) is 19.6 Å². The Bertz CT molecular complexity index is 1100. The Kier molecular flexibility index (Phi) is 6.51. The van der Waals surface area contributed by atoms with Crippen molar-refractivity contribution in [2.45, 2.75) is 64.1 Å². The molecule has 1 aromatic carbocycles. The van der Waals surface area contributed by atoms with E-state index in [0.29, 0.717) is 16.8 Å². The summed E-state index contributed by atoms with van der Waals surface area (Å²) in [4.78, 5) is 24.9. The number of aryl methyl sites for hydroxylation is 1. The van der Waals surface area contributed by atoms with Gasteiger partial charge < -0.3 is 14.8 Å². The molecule has 1 saturated carbocycles. The summed E-state index contributed by atoms with van der Waals surface area (Å²) < 4.78 is 12.4. The van der Waals surface area contributed by atoms with Gasteiger partial charge in [0.25, 0.3) is 5.69 Å². The summed E-state index contributed by atoms with van der Waals surface area (Å²) in [5.41, 5.74) is 3.06.